The molecule has 0 aliphatic heterocycles. The highest BCUT2D eigenvalue weighted by atomic mass is 32.2. The van der Waals surface area contributed by atoms with Crippen molar-refractivity contribution < 1.29 is 4.42 Å². The number of hydrogen-bond acceptors (Lipinski definition) is 7. The van der Waals surface area contributed by atoms with Gasteiger partial charge in [-0.2, -0.15) is 0 Å². The van der Waals surface area contributed by atoms with Crippen LogP contribution in [-0.4, -0.2) is 24.7 Å². The van der Waals surface area contributed by atoms with Crippen LogP contribution in [0, 0.1) is 6.92 Å². The molecule has 0 unspecified atom stereocenters. The summed E-state index contributed by atoms with van der Waals surface area (Å²) in [6, 6.07) is 16.0. The smallest absolute Gasteiger partial charge is 0.196 e. The SMILES string of the molecule is Cc1ccc(-n2c(SCc3csc(-c4ccco4)n3)nnc2-c2ccncc2)cc1. The van der Waals surface area contributed by atoms with Crippen LogP contribution < -0.4 is 0 Å². The van der Waals surface area contributed by atoms with E-state index in [4.69, 9.17) is 4.42 Å². The molecular formula is C22H17N5OS2. The molecule has 148 valence electrons. The molecule has 5 rings (SSSR count). The van der Waals surface area contributed by atoms with E-state index in [0.717, 1.165) is 38.7 Å². The van der Waals surface area contributed by atoms with Crippen LogP contribution in [0.15, 0.2) is 82.1 Å². The lowest BCUT2D eigenvalue weighted by molar-refractivity contribution is 0.581. The summed E-state index contributed by atoms with van der Waals surface area (Å²) in [6.07, 6.45) is 5.19. The Bertz CT molecular complexity index is 1240. The molecule has 4 aromatic heterocycles. The predicted octanol–water partition coefficient (Wildman–Crippen LogP) is 5.65. The second kappa shape index (κ2) is 8.25. The minimum atomic E-state index is 0.692. The number of thioether (sulfide) groups is 1. The summed E-state index contributed by atoms with van der Waals surface area (Å²) in [4.78, 5) is 8.80. The van der Waals surface area contributed by atoms with Gasteiger partial charge in [-0.05, 0) is 43.3 Å². The van der Waals surface area contributed by atoms with E-state index in [1.807, 2.05) is 24.3 Å². The van der Waals surface area contributed by atoms with Crippen molar-refractivity contribution in [3.63, 3.8) is 0 Å². The number of rotatable bonds is 6. The van der Waals surface area contributed by atoms with E-state index in [2.05, 4.69) is 61.3 Å². The first kappa shape index (κ1) is 18.8. The highest BCUT2D eigenvalue weighted by molar-refractivity contribution is 7.98. The third-order valence-corrected chi connectivity index (χ3v) is 6.37. The molecule has 0 N–H and O–H groups in total. The number of hydrogen-bond donors (Lipinski definition) is 0. The van der Waals surface area contributed by atoms with Gasteiger partial charge in [0.25, 0.3) is 0 Å². The number of benzene rings is 1. The maximum absolute atomic E-state index is 5.44. The summed E-state index contributed by atoms with van der Waals surface area (Å²) in [5, 5.41) is 12.7. The van der Waals surface area contributed by atoms with Gasteiger partial charge >= 0.3 is 0 Å². The molecule has 0 aliphatic rings. The lowest BCUT2D eigenvalue weighted by atomic mass is 10.2. The molecule has 5 aromatic rings. The van der Waals surface area contributed by atoms with E-state index in [1.54, 1.807) is 41.8 Å². The second-order valence-electron chi connectivity index (χ2n) is 6.62. The van der Waals surface area contributed by atoms with E-state index < -0.39 is 0 Å². The van der Waals surface area contributed by atoms with Gasteiger partial charge in [0.15, 0.2) is 21.7 Å². The van der Waals surface area contributed by atoms with Crippen LogP contribution >= 0.6 is 23.1 Å². The van der Waals surface area contributed by atoms with E-state index in [1.165, 1.54) is 5.56 Å². The maximum atomic E-state index is 5.44. The average Bonchev–Trinajstić information content (AvgIpc) is 3.53. The minimum absolute atomic E-state index is 0.692. The summed E-state index contributed by atoms with van der Waals surface area (Å²) in [5.74, 6) is 2.27. The van der Waals surface area contributed by atoms with E-state index >= 15 is 0 Å². The van der Waals surface area contributed by atoms with E-state index in [0.29, 0.717) is 5.75 Å². The normalized spacial score (nSPS) is 11.1. The summed E-state index contributed by atoms with van der Waals surface area (Å²) < 4.78 is 7.53. The molecule has 0 saturated carbocycles. The second-order valence-corrected chi connectivity index (χ2v) is 8.42. The predicted molar refractivity (Wildman–Crippen MR) is 119 cm³/mol. The molecule has 0 aliphatic carbocycles. The molecule has 0 atom stereocenters. The molecule has 1 aromatic carbocycles. The van der Waals surface area contributed by atoms with Crippen LogP contribution in [0.5, 0.6) is 0 Å². The first-order valence-electron chi connectivity index (χ1n) is 9.32. The zero-order valence-corrected chi connectivity index (χ0v) is 17.7. The van der Waals surface area contributed by atoms with Gasteiger partial charge in [0.1, 0.15) is 0 Å². The molecule has 0 saturated heterocycles. The Morgan fingerprint density at radius 1 is 1.03 bits per heavy atom. The first-order chi connectivity index (χ1) is 14.8. The fourth-order valence-corrected chi connectivity index (χ4v) is 4.74. The number of nitrogens with zero attached hydrogens (tertiary/aromatic N) is 5. The number of aryl methyl sites for hydroxylation is 1. The van der Waals surface area contributed by atoms with Crippen molar-refractivity contribution in [1.82, 2.24) is 24.7 Å². The molecule has 0 fully saturated rings. The summed E-state index contributed by atoms with van der Waals surface area (Å²) in [5.41, 5.74) is 4.19. The largest absolute Gasteiger partial charge is 0.462 e. The quantitative estimate of drug-likeness (QED) is 0.324. The Hall–Kier alpha value is -3.23. The molecule has 30 heavy (non-hydrogen) atoms. The average molecular weight is 432 g/mol. The maximum Gasteiger partial charge on any atom is 0.196 e. The topological polar surface area (TPSA) is 69.6 Å². The lowest BCUT2D eigenvalue weighted by Gasteiger charge is -2.10. The summed E-state index contributed by atoms with van der Waals surface area (Å²) in [6.45, 7) is 2.08. The van der Waals surface area contributed by atoms with E-state index in [9.17, 15) is 0 Å². The fourth-order valence-electron chi connectivity index (χ4n) is 3.00. The van der Waals surface area contributed by atoms with Crippen LogP contribution in [0.4, 0.5) is 0 Å². The van der Waals surface area contributed by atoms with Gasteiger partial charge in [0.2, 0.25) is 0 Å². The van der Waals surface area contributed by atoms with Crippen molar-refractivity contribution in [1.29, 1.82) is 0 Å². The molecular weight excluding hydrogens is 414 g/mol. The van der Waals surface area contributed by atoms with E-state index in [-0.39, 0.29) is 0 Å². The Kier molecular flexibility index (Phi) is 5.17. The van der Waals surface area contributed by atoms with Crippen molar-refractivity contribution in [3.05, 3.63) is 83.8 Å². The highest BCUT2D eigenvalue weighted by Crippen LogP contribution is 2.31. The molecule has 4 heterocycles. The fraction of sp³-hybridized carbons (Fsp3) is 0.0909. The standard InChI is InChI=1S/C22H17N5OS2/c1-15-4-6-18(7-5-15)27-20(16-8-10-23-11-9-16)25-26-22(27)30-14-17-13-29-21(24-17)19-3-2-12-28-19/h2-13H,14H2,1H3. The molecule has 8 heteroatoms. The molecule has 0 bridgehead atoms. The summed E-state index contributed by atoms with van der Waals surface area (Å²) >= 11 is 3.19. The molecule has 0 radical (unpaired) electrons. The Balaban J connectivity index is 1.46. The number of thiazole rings is 1. The van der Waals surface area contributed by atoms with Gasteiger partial charge in [-0.3, -0.25) is 9.55 Å². The monoisotopic (exact) mass is 431 g/mol. The van der Waals surface area contributed by atoms with Crippen molar-refractivity contribution in [3.8, 4) is 27.8 Å². The third-order valence-electron chi connectivity index (χ3n) is 4.50. The van der Waals surface area contributed by atoms with Crippen molar-refractivity contribution >= 4 is 23.1 Å². The molecule has 0 amide bonds. The van der Waals surface area contributed by atoms with Crippen LogP contribution in [0.25, 0.3) is 27.8 Å². The summed E-state index contributed by atoms with van der Waals surface area (Å²) in [7, 11) is 0. The number of pyridine rings is 1. The Labute approximate surface area is 181 Å². The van der Waals surface area contributed by atoms with Crippen LogP contribution in [-0.2, 0) is 5.75 Å². The van der Waals surface area contributed by atoms with Crippen molar-refractivity contribution in [2.45, 2.75) is 17.8 Å². The highest BCUT2D eigenvalue weighted by Gasteiger charge is 2.17. The zero-order valence-electron chi connectivity index (χ0n) is 16.1. The van der Waals surface area contributed by atoms with Crippen LogP contribution in [0.2, 0.25) is 0 Å². The third kappa shape index (κ3) is 3.79. The van der Waals surface area contributed by atoms with Gasteiger partial charge < -0.3 is 4.42 Å². The van der Waals surface area contributed by atoms with Crippen molar-refractivity contribution in [2.75, 3.05) is 0 Å². The van der Waals surface area contributed by atoms with Gasteiger partial charge in [-0.25, -0.2) is 4.98 Å². The lowest BCUT2D eigenvalue weighted by Crippen LogP contribution is -2.00. The zero-order chi connectivity index (χ0) is 20.3. The first-order valence-corrected chi connectivity index (χ1v) is 11.2. The van der Waals surface area contributed by atoms with Crippen LogP contribution in [0.1, 0.15) is 11.3 Å². The van der Waals surface area contributed by atoms with Gasteiger partial charge in [-0.15, -0.1) is 21.5 Å². The minimum Gasteiger partial charge on any atom is -0.462 e. The Morgan fingerprint density at radius 2 is 1.87 bits per heavy atom. The van der Waals surface area contributed by atoms with Gasteiger partial charge in [-0.1, -0.05) is 29.5 Å². The van der Waals surface area contributed by atoms with Gasteiger partial charge in [0, 0.05) is 34.8 Å². The van der Waals surface area contributed by atoms with Gasteiger partial charge in [0.05, 0.1) is 12.0 Å². The van der Waals surface area contributed by atoms with Crippen molar-refractivity contribution in [2.24, 2.45) is 0 Å². The molecule has 6 nitrogen and oxygen atoms in total. The number of aromatic nitrogens is 5. The Morgan fingerprint density at radius 3 is 2.63 bits per heavy atom. The number of furan rings is 1. The van der Waals surface area contributed by atoms with Crippen LogP contribution in [0.3, 0.4) is 0 Å². The molecule has 0 spiro atoms.